The Morgan fingerprint density at radius 2 is 1.95 bits per heavy atom. The van der Waals surface area contributed by atoms with Crippen LogP contribution in [0.3, 0.4) is 0 Å². The Bertz CT molecular complexity index is 613. The van der Waals surface area contributed by atoms with Gasteiger partial charge in [-0.05, 0) is 31.2 Å². The highest BCUT2D eigenvalue weighted by molar-refractivity contribution is 5.94. The number of benzene rings is 2. The van der Waals surface area contributed by atoms with Crippen molar-refractivity contribution in [3.05, 3.63) is 65.5 Å². The fourth-order valence-electron chi connectivity index (χ4n) is 2.01. The maximum Gasteiger partial charge on any atom is 0.251 e. The van der Waals surface area contributed by atoms with Gasteiger partial charge < -0.3 is 10.1 Å². The summed E-state index contributed by atoms with van der Waals surface area (Å²) in [6.45, 7) is 1.86. The van der Waals surface area contributed by atoms with Crippen molar-refractivity contribution in [1.29, 1.82) is 0 Å². The van der Waals surface area contributed by atoms with Crippen molar-refractivity contribution in [3.8, 4) is 5.75 Å². The second-order valence-electron chi connectivity index (χ2n) is 4.45. The molecule has 0 aliphatic carbocycles. The third kappa shape index (κ3) is 3.15. The molecule has 4 heteroatoms. The minimum Gasteiger partial charge on any atom is -0.496 e. The SMILES string of the molecule is COc1ccccc1[C@@H](C)NC(=O)c1cccc(F)c1. The third-order valence-electron chi connectivity index (χ3n) is 3.04. The fraction of sp³-hybridized carbons (Fsp3) is 0.188. The second-order valence-corrected chi connectivity index (χ2v) is 4.45. The van der Waals surface area contributed by atoms with E-state index in [4.69, 9.17) is 4.74 Å². The Balaban J connectivity index is 2.15. The molecule has 0 aliphatic rings. The van der Waals surface area contributed by atoms with Crippen molar-refractivity contribution in [3.63, 3.8) is 0 Å². The Labute approximate surface area is 117 Å². The van der Waals surface area contributed by atoms with Gasteiger partial charge in [0.25, 0.3) is 5.91 Å². The molecule has 0 fully saturated rings. The van der Waals surface area contributed by atoms with Crippen LogP contribution in [0.1, 0.15) is 28.9 Å². The molecule has 1 atom stereocenters. The van der Waals surface area contributed by atoms with E-state index in [1.54, 1.807) is 13.2 Å². The molecule has 3 nitrogen and oxygen atoms in total. The summed E-state index contributed by atoms with van der Waals surface area (Å²) < 4.78 is 18.4. The van der Waals surface area contributed by atoms with E-state index >= 15 is 0 Å². The molecule has 0 radical (unpaired) electrons. The number of amides is 1. The molecular weight excluding hydrogens is 257 g/mol. The van der Waals surface area contributed by atoms with Gasteiger partial charge in [-0.3, -0.25) is 4.79 Å². The molecule has 0 bridgehead atoms. The van der Waals surface area contributed by atoms with Crippen LogP contribution in [-0.4, -0.2) is 13.0 Å². The molecule has 0 saturated heterocycles. The molecule has 0 aromatic heterocycles. The van der Waals surface area contributed by atoms with Crippen LogP contribution in [0.15, 0.2) is 48.5 Å². The number of ether oxygens (including phenoxy) is 1. The van der Waals surface area contributed by atoms with Gasteiger partial charge in [0.15, 0.2) is 0 Å². The first-order valence-corrected chi connectivity index (χ1v) is 6.31. The van der Waals surface area contributed by atoms with Crippen molar-refractivity contribution >= 4 is 5.91 Å². The van der Waals surface area contributed by atoms with Crippen LogP contribution < -0.4 is 10.1 Å². The smallest absolute Gasteiger partial charge is 0.251 e. The predicted molar refractivity (Wildman–Crippen MR) is 75.3 cm³/mol. The lowest BCUT2D eigenvalue weighted by Crippen LogP contribution is -2.27. The van der Waals surface area contributed by atoms with Crippen molar-refractivity contribution in [2.75, 3.05) is 7.11 Å². The van der Waals surface area contributed by atoms with Gasteiger partial charge >= 0.3 is 0 Å². The number of hydrogen-bond donors (Lipinski definition) is 1. The molecule has 2 aromatic carbocycles. The van der Waals surface area contributed by atoms with Crippen LogP contribution in [0.5, 0.6) is 5.75 Å². The summed E-state index contributed by atoms with van der Waals surface area (Å²) in [4.78, 5) is 12.1. The highest BCUT2D eigenvalue weighted by Gasteiger charge is 2.14. The number of para-hydroxylation sites is 1. The van der Waals surface area contributed by atoms with Gasteiger partial charge in [-0.2, -0.15) is 0 Å². The number of rotatable bonds is 4. The van der Waals surface area contributed by atoms with Gasteiger partial charge in [-0.15, -0.1) is 0 Å². The molecule has 0 saturated carbocycles. The number of carbonyl (C=O) groups is 1. The number of methoxy groups -OCH3 is 1. The number of hydrogen-bond acceptors (Lipinski definition) is 2. The van der Waals surface area contributed by atoms with Crippen molar-refractivity contribution in [2.45, 2.75) is 13.0 Å². The van der Waals surface area contributed by atoms with E-state index in [0.717, 1.165) is 5.56 Å². The first kappa shape index (κ1) is 14.1. The standard InChI is InChI=1S/C16H16FNO2/c1-11(14-8-3-4-9-15(14)20-2)18-16(19)12-6-5-7-13(17)10-12/h3-11H,1-2H3,(H,18,19)/t11-/m1/s1. The maximum atomic E-state index is 13.1. The molecule has 0 aliphatic heterocycles. The van der Waals surface area contributed by atoms with Gasteiger partial charge in [-0.25, -0.2) is 4.39 Å². The molecule has 0 unspecified atom stereocenters. The quantitative estimate of drug-likeness (QED) is 0.928. The van der Waals surface area contributed by atoms with E-state index in [1.807, 2.05) is 31.2 Å². The van der Waals surface area contributed by atoms with E-state index in [-0.39, 0.29) is 11.9 Å². The van der Waals surface area contributed by atoms with E-state index in [0.29, 0.717) is 11.3 Å². The number of carbonyl (C=O) groups excluding carboxylic acids is 1. The summed E-state index contributed by atoms with van der Waals surface area (Å²) in [5, 5.41) is 2.83. The molecule has 1 amide bonds. The Morgan fingerprint density at radius 3 is 2.65 bits per heavy atom. The predicted octanol–water partition coefficient (Wildman–Crippen LogP) is 3.33. The van der Waals surface area contributed by atoms with Gasteiger partial charge in [0.1, 0.15) is 11.6 Å². The molecule has 2 rings (SSSR count). The zero-order chi connectivity index (χ0) is 14.5. The average molecular weight is 273 g/mol. The van der Waals surface area contributed by atoms with Crippen LogP contribution in [-0.2, 0) is 0 Å². The molecule has 0 heterocycles. The monoisotopic (exact) mass is 273 g/mol. The van der Waals surface area contributed by atoms with E-state index in [1.165, 1.54) is 18.2 Å². The van der Waals surface area contributed by atoms with Gasteiger partial charge in [-0.1, -0.05) is 24.3 Å². The summed E-state index contributed by atoms with van der Waals surface area (Å²) in [5.41, 5.74) is 1.17. The summed E-state index contributed by atoms with van der Waals surface area (Å²) in [5.74, 6) is -0.0370. The van der Waals surface area contributed by atoms with E-state index in [2.05, 4.69) is 5.32 Å². The summed E-state index contributed by atoms with van der Waals surface area (Å²) in [7, 11) is 1.58. The lowest BCUT2D eigenvalue weighted by molar-refractivity contribution is 0.0939. The Hall–Kier alpha value is -2.36. The lowest BCUT2D eigenvalue weighted by Gasteiger charge is -2.17. The molecule has 1 N–H and O–H groups in total. The average Bonchev–Trinajstić information content (AvgIpc) is 2.47. The summed E-state index contributed by atoms with van der Waals surface area (Å²) in [6.07, 6.45) is 0. The first-order valence-electron chi connectivity index (χ1n) is 6.31. The van der Waals surface area contributed by atoms with Crippen LogP contribution in [0.2, 0.25) is 0 Å². The van der Waals surface area contributed by atoms with E-state index in [9.17, 15) is 9.18 Å². The maximum absolute atomic E-state index is 13.1. The lowest BCUT2D eigenvalue weighted by atomic mass is 10.1. The van der Waals surface area contributed by atoms with Crippen LogP contribution in [0.4, 0.5) is 4.39 Å². The molecule has 0 spiro atoms. The summed E-state index contributed by atoms with van der Waals surface area (Å²) in [6, 6.07) is 12.8. The van der Waals surface area contributed by atoms with Gasteiger partial charge in [0, 0.05) is 11.1 Å². The minimum atomic E-state index is -0.428. The van der Waals surface area contributed by atoms with Crippen LogP contribution >= 0.6 is 0 Å². The highest BCUT2D eigenvalue weighted by Crippen LogP contribution is 2.24. The summed E-state index contributed by atoms with van der Waals surface area (Å²) >= 11 is 0. The molecule has 20 heavy (non-hydrogen) atoms. The fourth-order valence-corrected chi connectivity index (χ4v) is 2.01. The number of halogens is 1. The van der Waals surface area contributed by atoms with Crippen molar-refractivity contribution < 1.29 is 13.9 Å². The Morgan fingerprint density at radius 1 is 1.20 bits per heavy atom. The van der Waals surface area contributed by atoms with Gasteiger partial charge in [0.2, 0.25) is 0 Å². The van der Waals surface area contributed by atoms with Gasteiger partial charge in [0.05, 0.1) is 13.2 Å². The largest absolute Gasteiger partial charge is 0.496 e. The zero-order valence-electron chi connectivity index (χ0n) is 11.4. The minimum absolute atomic E-state index is 0.234. The van der Waals surface area contributed by atoms with Crippen molar-refractivity contribution in [2.24, 2.45) is 0 Å². The second kappa shape index (κ2) is 6.19. The van der Waals surface area contributed by atoms with Crippen molar-refractivity contribution in [1.82, 2.24) is 5.32 Å². The number of nitrogens with one attached hydrogen (secondary N) is 1. The molecule has 2 aromatic rings. The highest BCUT2D eigenvalue weighted by atomic mass is 19.1. The molecular formula is C16H16FNO2. The Kier molecular flexibility index (Phi) is 4.35. The third-order valence-corrected chi connectivity index (χ3v) is 3.04. The van der Waals surface area contributed by atoms with E-state index < -0.39 is 5.82 Å². The van der Waals surface area contributed by atoms with Crippen LogP contribution in [0.25, 0.3) is 0 Å². The first-order chi connectivity index (χ1) is 9.61. The van der Waals surface area contributed by atoms with Crippen LogP contribution in [0, 0.1) is 5.82 Å². The zero-order valence-corrected chi connectivity index (χ0v) is 11.4. The topological polar surface area (TPSA) is 38.3 Å². The normalized spacial score (nSPS) is 11.8. The molecule has 104 valence electrons.